The zero-order valence-electron chi connectivity index (χ0n) is 12.0. The minimum atomic E-state index is -0.253. The van der Waals surface area contributed by atoms with Crippen LogP contribution in [-0.2, 0) is 0 Å². The lowest BCUT2D eigenvalue weighted by atomic mass is 10.2. The molecule has 0 unspecified atom stereocenters. The number of carbonyl (C=O) groups is 1. The monoisotopic (exact) mass is 285 g/mol. The summed E-state index contributed by atoms with van der Waals surface area (Å²) < 4.78 is 5.75. The maximum Gasteiger partial charge on any atom is 0.274 e. The van der Waals surface area contributed by atoms with Crippen LogP contribution in [0, 0.1) is 5.41 Å². The summed E-state index contributed by atoms with van der Waals surface area (Å²) in [7, 11) is 0. The van der Waals surface area contributed by atoms with Crippen molar-refractivity contribution in [3.8, 4) is 5.75 Å². The van der Waals surface area contributed by atoms with Gasteiger partial charge in [-0.05, 0) is 43.2 Å². The van der Waals surface area contributed by atoms with Crippen molar-refractivity contribution >= 4 is 17.3 Å². The van der Waals surface area contributed by atoms with Crippen LogP contribution in [0.15, 0.2) is 36.5 Å². The second kappa shape index (κ2) is 5.16. The van der Waals surface area contributed by atoms with Crippen molar-refractivity contribution in [1.82, 2.24) is 4.98 Å². The van der Waals surface area contributed by atoms with E-state index < -0.39 is 0 Å². The highest BCUT2D eigenvalue weighted by molar-refractivity contribution is 6.06. The topological polar surface area (TPSA) is 80.1 Å². The number of hydrogen-bond donors (Lipinski definition) is 3. The van der Waals surface area contributed by atoms with E-state index in [0.717, 1.165) is 12.4 Å². The number of aromatic nitrogens is 1. The lowest BCUT2D eigenvalue weighted by Crippen LogP contribution is -2.14. The average Bonchev–Trinajstić information content (AvgIpc) is 3.05. The lowest BCUT2D eigenvalue weighted by Gasteiger charge is -2.11. The Balaban J connectivity index is 1.59. The molecule has 1 saturated carbocycles. The molecule has 5 nitrogen and oxygen atoms in total. The number of benzene rings is 1. The maximum atomic E-state index is 12.0. The van der Waals surface area contributed by atoms with Gasteiger partial charge in [-0.2, -0.15) is 0 Å². The van der Waals surface area contributed by atoms with Gasteiger partial charge < -0.3 is 20.8 Å². The van der Waals surface area contributed by atoms with Crippen LogP contribution in [0.4, 0.5) is 11.4 Å². The molecule has 0 saturated heterocycles. The first kappa shape index (κ1) is 13.5. The maximum absolute atomic E-state index is 12.0. The minimum absolute atomic E-state index is 0.253. The highest BCUT2D eigenvalue weighted by Gasteiger charge is 2.38. The molecule has 3 rings (SSSR count). The highest BCUT2D eigenvalue weighted by Crippen LogP contribution is 2.45. The largest absolute Gasteiger partial charge is 0.493 e. The number of amides is 1. The summed E-state index contributed by atoms with van der Waals surface area (Å²) in [5, 5.41) is 2.79. The smallest absolute Gasteiger partial charge is 0.274 e. The first-order valence-corrected chi connectivity index (χ1v) is 7.03. The van der Waals surface area contributed by atoms with E-state index in [9.17, 15) is 4.79 Å². The van der Waals surface area contributed by atoms with Crippen LogP contribution >= 0.6 is 0 Å². The molecule has 0 atom stereocenters. The summed E-state index contributed by atoms with van der Waals surface area (Å²) in [5.74, 6) is 0.567. The van der Waals surface area contributed by atoms with Crippen LogP contribution in [0.1, 0.15) is 30.3 Å². The van der Waals surface area contributed by atoms with Crippen LogP contribution in [0.5, 0.6) is 5.75 Å². The first-order chi connectivity index (χ1) is 10.1. The van der Waals surface area contributed by atoms with Crippen LogP contribution in [0.2, 0.25) is 0 Å². The van der Waals surface area contributed by atoms with Crippen LogP contribution in [0.25, 0.3) is 0 Å². The predicted octanol–water partition coefficient (Wildman–Crippen LogP) is 3.03. The molecule has 1 aliphatic rings. The van der Waals surface area contributed by atoms with Gasteiger partial charge in [-0.3, -0.25) is 4.79 Å². The van der Waals surface area contributed by atoms with E-state index in [1.54, 1.807) is 12.3 Å². The van der Waals surface area contributed by atoms with E-state index in [2.05, 4.69) is 17.2 Å². The molecular weight excluding hydrogens is 266 g/mol. The SMILES string of the molecule is CC1(COc2ccc(NC(=O)c3[nH]ccc3N)cc2)CC1. The number of rotatable bonds is 5. The quantitative estimate of drug-likeness (QED) is 0.790. The predicted molar refractivity (Wildman–Crippen MR) is 82.4 cm³/mol. The summed E-state index contributed by atoms with van der Waals surface area (Å²) in [6.07, 6.45) is 4.11. The van der Waals surface area contributed by atoms with E-state index >= 15 is 0 Å². The third-order valence-corrected chi connectivity index (χ3v) is 3.81. The molecule has 1 fully saturated rings. The van der Waals surface area contributed by atoms with Gasteiger partial charge in [-0.1, -0.05) is 6.92 Å². The van der Waals surface area contributed by atoms with E-state index in [-0.39, 0.29) is 5.91 Å². The molecule has 0 bridgehead atoms. The molecule has 0 spiro atoms. The molecule has 0 radical (unpaired) electrons. The van der Waals surface area contributed by atoms with Crippen LogP contribution in [-0.4, -0.2) is 17.5 Å². The van der Waals surface area contributed by atoms with Gasteiger partial charge in [0.05, 0.1) is 12.3 Å². The number of nitrogens with two attached hydrogens (primary N) is 1. The molecule has 0 aliphatic heterocycles. The number of carbonyl (C=O) groups excluding carboxylic acids is 1. The Morgan fingerprint density at radius 1 is 1.33 bits per heavy atom. The minimum Gasteiger partial charge on any atom is -0.493 e. The molecule has 1 heterocycles. The fourth-order valence-electron chi connectivity index (χ4n) is 2.02. The standard InChI is InChI=1S/C16H19N3O2/c1-16(7-8-16)10-21-12-4-2-11(3-5-12)19-15(20)14-13(17)6-9-18-14/h2-6,9,18H,7-8,10,17H2,1H3,(H,19,20). The number of nitrogens with one attached hydrogen (secondary N) is 2. The van der Waals surface area contributed by atoms with Gasteiger partial charge in [0, 0.05) is 17.3 Å². The lowest BCUT2D eigenvalue weighted by molar-refractivity contribution is 0.102. The number of H-pyrrole nitrogens is 1. The van der Waals surface area contributed by atoms with Gasteiger partial charge in [-0.25, -0.2) is 0 Å². The summed E-state index contributed by atoms with van der Waals surface area (Å²) in [6, 6.07) is 9.02. The molecule has 1 aromatic carbocycles. The fraction of sp³-hybridized carbons (Fsp3) is 0.312. The Labute approximate surface area is 123 Å². The van der Waals surface area contributed by atoms with Crippen molar-refractivity contribution in [1.29, 1.82) is 0 Å². The molecule has 5 heteroatoms. The molecule has 1 aromatic heterocycles. The van der Waals surface area contributed by atoms with Crippen molar-refractivity contribution in [3.05, 3.63) is 42.2 Å². The Bertz CT molecular complexity index is 642. The Morgan fingerprint density at radius 3 is 2.62 bits per heavy atom. The van der Waals surface area contributed by atoms with E-state index in [0.29, 0.717) is 22.5 Å². The molecule has 21 heavy (non-hydrogen) atoms. The number of nitrogen functional groups attached to an aromatic ring is 1. The number of hydrogen-bond acceptors (Lipinski definition) is 3. The summed E-state index contributed by atoms with van der Waals surface area (Å²) in [5.41, 5.74) is 7.57. The van der Waals surface area contributed by atoms with Gasteiger partial charge in [0.2, 0.25) is 0 Å². The fourth-order valence-corrected chi connectivity index (χ4v) is 2.02. The third-order valence-electron chi connectivity index (χ3n) is 3.81. The second-order valence-electron chi connectivity index (χ2n) is 5.89. The molecule has 2 aromatic rings. The van der Waals surface area contributed by atoms with Crippen molar-refractivity contribution in [2.75, 3.05) is 17.7 Å². The van der Waals surface area contributed by atoms with Gasteiger partial charge in [-0.15, -0.1) is 0 Å². The highest BCUT2D eigenvalue weighted by atomic mass is 16.5. The van der Waals surface area contributed by atoms with Gasteiger partial charge in [0.25, 0.3) is 5.91 Å². The van der Waals surface area contributed by atoms with Crippen molar-refractivity contribution in [3.63, 3.8) is 0 Å². The molecular formula is C16H19N3O2. The molecule has 1 amide bonds. The van der Waals surface area contributed by atoms with E-state index in [1.807, 2.05) is 24.3 Å². The molecule has 1 aliphatic carbocycles. The Kier molecular flexibility index (Phi) is 3.33. The normalized spacial score (nSPS) is 15.5. The van der Waals surface area contributed by atoms with E-state index in [4.69, 9.17) is 10.5 Å². The zero-order chi connectivity index (χ0) is 14.9. The number of anilines is 2. The third kappa shape index (κ3) is 3.18. The Hall–Kier alpha value is -2.43. The second-order valence-corrected chi connectivity index (χ2v) is 5.89. The van der Waals surface area contributed by atoms with Gasteiger partial charge >= 0.3 is 0 Å². The summed E-state index contributed by atoms with van der Waals surface area (Å²) in [6.45, 7) is 2.97. The Morgan fingerprint density at radius 2 is 2.05 bits per heavy atom. The number of aromatic amines is 1. The molecule has 110 valence electrons. The average molecular weight is 285 g/mol. The number of ether oxygens (including phenoxy) is 1. The van der Waals surface area contributed by atoms with Crippen molar-refractivity contribution in [2.45, 2.75) is 19.8 Å². The molecule has 4 N–H and O–H groups in total. The van der Waals surface area contributed by atoms with Crippen LogP contribution in [0.3, 0.4) is 0 Å². The van der Waals surface area contributed by atoms with Crippen molar-refractivity contribution in [2.24, 2.45) is 5.41 Å². The van der Waals surface area contributed by atoms with Gasteiger partial charge in [0.15, 0.2) is 0 Å². The van der Waals surface area contributed by atoms with Crippen LogP contribution < -0.4 is 15.8 Å². The van der Waals surface area contributed by atoms with Gasteiger partial charge in [0.1, 0.15) is 11.4 Å². The summed E-state index contributed by atoms with van der Waals surface area (Å²) in [4.78, 5) is 14.8. The van der Waals surface area contributed by atoms with E-state index in [1.165, 1.54) is 12.8 Å². The zero-order valence-corrected chi connectivity index (χ0v) is 12.0. The summed E-state index contributed by atoms with van der Waals surface area (Å²) >= 11 is 0. The van der Waals surface area contributed by atoms with Crippen molar-refractivity contribution < 1.29 is 9.53 Å². The first-order valence-electron chi connectivity index (χ1n) is 7.03.